The van der Waals surface area contributed by atoms with Crippen LogP contribution in [0.4, 0.5) is 5.69 Å². The van der Waals surface area contributed by atoms with Crippen molar-refractivity contribution in [1.29, 1.82) is 0 Å². The number of halogens is 1. The van der Waals surface area contributed by atoms with Crippen LogP contribution in [0, 0.1) is 5.92 Å². The standard InChI is InChI=1S/C16H20ClN3O2S/c1-10(2)12-3-4-15(14-6-19-16(17)5-13(12)14)20-7-11(8-20)9-23(18,21)22/h3-6,10-11H,7-9H2,1-2H3,(H2,18,21,22). The predicted molar refractivity (Wildman–Crippen MR) is 94.5 cm³/mol. The van der Waals surface area contributed by atoms with E-state index in [4.69, 9.17) is 16.7 Å². The maximum atomic E-state index is 11.2. The van der Waals surface area contributed by atoms with Gasteiger partial charge >= 0.3 is 0 Å². The van der Waals surface area contributed by atoms with Gasteiger partial charge in [0, 0.05) is 36.3 Å². The molecule has 0 aliphatic carbocycles. The molecule has 1 fully saturated rings. The van der Waals surface area contributed by atoms with Gasteiger partial charge in [-0.25, -0.2) is 18.5 Å². The number of hydrogen-bond donors (Lipinski definition) is 1. The molecular weight excluding hydrogens is 334 g/mol. The molecule has 0 unspecified atom stereocenters. The van der Waals surface area contributed by atoms with E-state index in [2.05, 4.69) is 35.9 Å². The van der Waals surface area contributed by atoms with Gasteiger partial charge in [-0.15, -0.1) is 0 Å². The highest BCUT2D eigenvalue weighted by atomic mass is 35.5. The molecule has 0 radical (unpaired) electrons. The number of nitrogens with zero attached hydrogens (tertiary/aromatic N) is 2. The third-order valence-electron chi connectivity index (χ3n) is 4.27. The van der Waals surface area contributed by atoms with Gasteiger partial charge in [0.25, 0.3) is 0 Å². The Morgan fingerprint density at radius 2 is 2.04 bits per heavy atom. The quantitative estimate of drug-likeness (QED) is 0.857. The molecular formula is C16H20ClN3O2S. The summed E-state index contributed by atoms with van der Waals surface area (Å²) in [6.45, 7) is 5.67. The molecule has 1 saturated heterocycles. The van der Waals surface area contributed by atoms with Crippen molar-refractivity contribution in [3.05, 3.63) is 35.1 Å². The SMILES string of the molecule is CC(C)c1ccc(N2CC(CS(N)(=O)=O)C2)c2cnc(Cl)cc12. The first-order valence-electron chi connectivity index (χ1n) is 7.58. The Kier molecular flexibility index (Phi) is 4.25. The van der Waals surface area contributed by atoms with Crippen LogP contribution in [-0.4, -0.2) is 32.2 Å². The molecule has 1 aromatic heterocycles. The first-order valence-corrected chi connectivity index (χ1v) is 9.67. The monoisotopic (exact) mass is 353 g/mol. The van der Waals surface area contributed by atoms with Crippen molar-refractivity contribution in [3.63, 3.8) is 0 Å². The number of anilines is 1. The van der Waals surface area contributed by atoms with Crippen LogP contribution in [0.25, 0.3) is 10.8 Å². The fraction of sp³-hybridized carbons (Fsp3) is 0.438. The van der Waals surface area contributed by atoms with E-state index in [0.29, 0.717) is 24.2 Å². The molecule has 5 nitrogen and oxygen atoms in total. The van der Waals surface area contributed by atoms with E-state index in [1.54, 1.807) is 6.20 Å². The van der Waals surface area contributed by atoms with E-state index in [9.17, 15) is 8.42 Å². The zero-order valence-corrected chi connectivity index (χ0v) is 14.7. The number of benzene rings is 1. The number of pyridine rings is 1. The normalized spacial score (nSPS) is 16.1. The van der Waals surface area contributed by atoms with Crippen LogP contribution < -0.4 is 10.0 Å². The second-order valence-electron chi connectivity index (χ2n) is 6.48. The number of hydrogen-bond acceptors (Lipinski definition) is 4. The number of fused-ring (bicyclic) bond motifs is 1. The minimum atomic E-state index is -3.41. The van der Waals surface area contributed by atoms with Crippen LogP contribution >= 0.6 is 11.6 Å². The molecule has 0 amide bonds. The first kappa shape index (κ1) is 16.5. The number of sulfonamides is 1. The van der Waals surface area contributed by atoms with Crippen LogP contribution in [0.15, 0.2) is 24.4 Å². The number of rotatable bonds is 4. The Labute approximate surface area is 141 Å². The Morgan fingerprint density at radius 1 is 1.35 bits per heavy atom. The van der Waals surface area contributed by atoms with Crippen molar-refractivity contribution >= 4 is 38.1 Å². The molecule has 23 heavy (non-hydrogen) atoms. The van der Waals surface area contributed by atoms with Crippen molar-refractivity contribution in [2.24, 2.45) is 11.1 Å². The molecule has 3 rings (SSSR count). The van der Waals surface area contributed by atoms with Crippen LogP contribution in [0.1, 0.15) is 25.3 Å². The van der Waals surface area contributed by atoms with Gasteiger partial charge in [0.05, 0.1) is 5.75 Å². The highest BCUT2D eigenvalue weighted by Gasteiger charge is 2.31. The van der Waals surface area contributed by atoms with E-state index in [-0.39, 0.29) is 11.7 Å². The van der Waals surface area contributed by atoms with Crippen molar-refractivity contribution < 1.29 is 8.42 Å². The molecule has 0 spiro atoms. The third-order valence-corrected chi connectivity index (χ3v) is 5.41. The first-order chi connectivity index (χ1) is 10.7. The summed E-state index contributed by atoms with van der Waals surface area (Å²) in [6.07, 6.45) is 1.80. The van der Waals surface area contributed by atoms with Gasteiger partial charge in [-0.2, -0.15) is 0 Å². The van der Waals surface area contributed by atoms with Crippen molar-refractivity contribution in [1.82, 2.24) is 4.98 Å². The molecule has 7 heteroatoms. The molecule has 2 N–H and O–H groups in total. The number of primary sulfonamides is 1. The summed E-state index contributed by atoms with van der Waals surface area (Å²) in [4.78, 5) is 6.38. The van der Waals surface area contributed by atoms with Crippen molar-refractivity contribution in [3.8, 4) is 0 Å². The second kappa shape index (κ2) is 5.92. The molecule has 1 aliphatic heterocycles. The number of nitrogens with two attached hydrogens (primary N) is 1. The van der Waals surface area contributed by atoms with Gasteiger partial charge in [-0.05, 0) is 29.0 Å². The van der Waals surface area contributed by atoms with Crippen LogP contribution in [0.2, 0.25) is 5.15 Å². The van der Waals surface area contributed by atoms with Gasteiger partial charge in [0.1, 0.15) is 5.15 Å². The fourth-order valence-corrected chi connectivity index (χ4v) is 4.23. The Balaban J connectivity index is 1.93. The lowest BCUT2D eigenvalue weighted by Gasteiger charge is -2.41. The Bertz CT molecular complexity index is 846. The van der Waals surface area contributed by atoms with E-state index in [1.165, 1.54) is 5.56 Å². The van der Waals surface area contributed by atoms with E-state index < -0.39 is 10.0 Å². The van der Waals surface area contributed by atoms with Crippen LogP contribution in [0.5, 0.6) is 0 Å². The predicted octanol–water partition coefficient (Wildman–Crippen LogP) is 2.74. The third kappa shape index (κ3) is 3.44. The van der Waals surface area contributed by atoms with Gasteiger partial charge < -0.3 is 4.90 Å². The summed E-state index contributed by atoms with van der Waals surface area (Å²) >= 11 is 6.07. The largest absolute Gasteiger partial charge is 0.370 e. The second-order valence-corrected chi connectivity index (χ2v) is 8.53. The van der Waals surface area contributed by atoms with Crippen molar-refractivity contribution in [2.45, 2.75) is 19.8 Å². The summed E-state index contributed by atoms with van der Waals surface area (Å²) in [6, 6.07) is 6.10. The van der Waals surface area contributed by atoms with Gasteiger partial charge in [-0.1, -0.05) is 31.5 Å². The molecule has 0 atom stereocenters. The topological polar surface area (TPSA) is 76.3 Å². The highest BCUT2D eigenvalue weighted by Crippen LogP contribution is 2.36. The van der Waals surface area contributed by atoms with Crippen molar-refractivity contribution in [2.75, 3.05) is 23.7 Å². The Hall–Kier alpha value is -1.37. The highest BCUT2D eigenvalue weighted by molar-refractivity contribution is 7.89. The lowest BCUT2D eigenvalue weighted by molar-refractivity contribution is 0.445. The average molecular weight is 354 g/mol. The Morgan fingerprint density at radius 3 is 2.65 bits per heavy atom. The molecule has 2 heterocycles. The van der Waals surface area contributed by atoms with E-state index in [1.807, 2.05) is 6.07 Å². The average Bonchev–Trinajstić information content (AvgIpc) is 2.40. The minimum absolute atomic E-state index is 0.0373. The van der Waals surface area contributed by atoms with Crippen LogP contribution in [-0.2, 0) is 10.0 Å². The number of aromatic nitrogens is 1. The summed E-state index contributed by atoms with van der Waals surface area (Å²) in [7, 11) is -3.41. The van der Waals surface area contributed by atoms with Crippen LogP contribution in [0.3, 0.4) is 0 Å². The van der Waals surface area contributed by atoms with Gasteiger partial charge in [0.15, 0.2) is 0 Å². The molecule has 2 aromatic rings. The molecule has 124 valence electrons. The summed E-state index contributed by atoms with van der Waals surface area (Å²) in [5, 5.41) is 7.75. The van der Waals surface area contributed by atoms with E-state index >= 15 is 0 Å². The zero-order valence-electron chi connectivity index (χ0n) is 13.2. The van der Waals surface area contributed by atoms with E-state index in [0.717, 1.165) is 16.5 Å². The lowest BCUT2D eigenvalue weighted by atomic mass is 9.94. The molecule has 0 saturated carbocycles. The summed E-state index contributed by atoms with van der Waals surface area (Å²) in [5.74, 6) is 0.511. The fourth-order valence-electron chi connectivity index (χ4n) is 3.20. The van der Waals surface area contributed by atoms with Gasteiger partial charge in [-0.3, -0.25) is 0 Å². The minimum Gasteiger partial charge on any atom is -0.370 e. The summed E-state index contributed by atoms with van der Waals surface area (Å²) in [5.41, 5.74) is 2.30. The summed E-state index contributed by atoms with van der Waals surface area (Å²) < 4.78 is 22.4. The maximum Gasteiger partial charge on any atom is 0.209 e. The smallest absolute Gasteiger partial charge is 0.209 e. The zero-order chi connectivity index (χ0) is 16.8. The lowest BCUT2D eigenvalue weighted by Crippen LogP contribution is -2.50. The molecule has 1 aliphatic rings. The maximum absolute atomic E-state index is 11.2. The molecule has 0 bridgehead atoms. The molecule has 1 aromatic carbocycles. The van der Waals surface area contributed by atoms with Gasteiger partial charge in [0.2, 0.25) is 10.0 Å².